The maximum atomic E-state index is 5.89. The molecule has 1 saturated heterocycles. The second kappa shape index (κ2) is 7.92. The van der Waals surface area contributed by atoms with Crippen molar-refractivity contribution in [1.82, 2.24) is 15.0 Å². The zero-order chi connectivity index (χ0) is 19.5. The van der Waals surface area contributed by atoms with Gasteiger partial charge in [0.05, 0.1) is 12.4 Å². The summed E-state index contributed by atoms with van der Waals surface area (Å²) >= 11 is 0. The first-order chi connectivity index (χ1) is 13.7. The predicted octanol–water partition coefficient (Wildman–Crippen LogP) is 4.64. The SMILES string of the molecule is C=C(N)N1CCC[C@H]1c1nc(-c2ccc3cc(OCCCC)ccc3c2)no1. The molecule has 6 nitrogen and oxygen atoms in total. The van der Waals surface area contributed by atoms with Crippen LogP contribution >= 0.6 is 0 Å². The molecule has 4 rings (SSSR count). The summed E-state index contributed by atoms with van der Waals surface area (Å²) in [5.41, 5.74) is 6.82. The molecule has 1 fully saturated rings. The first-order valence-electron chi connectivity index (χ1n) is 9.87. The van der Waals surface area contributed by atoms with Crippen molar-refractivity contribution in [3.8, 4) is 17.1 Å². The normalized spacial score (nSPS) is 16.6. The van der Waals surface area contributed by atoms with Crippen LogP contribution in [0.3, 0.4) is 0 Å². The Morgan fingerprint density at radius 1 is 1.29 bits per heavy atom. The summed E-state index contributed by atoms with van der Waals surface area (Å²) in [5.74, 6) is 2.64. The second-order valence-electron chi connectivity index (χ2n) is 7.22. The van der Waals surface area contributed by atoms with Crippen molar-refractivity contribution in [3.05, 3.63) is 54.7 Å². The van der Waals surface area contributed by atoms with Crippen LogP contribution in [0.4, 0.5) is 0 Å². The Morgan fingerprint density at radius 2 is 2.11 bits per heavy atom. The van der Waals surface area contributed by atoms with Crippen molar-refractivity contribution >= 4 is 10.8 Å². The third-order valence-corrected chi connectivity index (χ3v) is 5.19. The lowest BCUT2D eigenvalue weighted by Gasteiger charge is -2.22. The molecule has 2 aromatic carbocycles. The minimum atomic E-state index is 0.0158. The topological polar surface area (TPSA) is 77.4 Å². The molecule has 0 unspecified atom stereocenters. The summed E-state index contributed by atoms with van der Waals surface area (Å²) in [7, 11) is 0. The van der Waals surface area contributed by atoms with Crippen LogP contribution in [0.5, 0.6) is 5.75 Å². The van der Waals surface area contributed by atoms with Crippen LogP contribution in [0, 0.1) is 0 Å². The van der Waals surface area contributed by atoms with E-state index in [0.717, 1.165) is 60.9 Å². The molecule has 0 radical (unpaired) electrons. The lowest BCUT2D eigenvalue weighted by molar-refractivity contribution is 0.250. The Balaban J connectivity index is 1.55. The third-order valence-electron chi connectivity index (χ3n) is 5.19. The number of hydrogen-bond acceptors (Lipinski definition) is 6. The summed E-state index contributed by atoms with van der Waals surface area (Å²) in [6.45, 7) is 7.62. The van der Waals surface area contributed by atoms with Crippen molar-refractivity contribution in [3.63, 3.8) is 0 Å². The Hall–Kier alpha value is -3.02. The number of likely N-dealkylation sites (tertiary alicyclic amines) is 1. The fraction of sp³-hybridized carbons (Fsp3) is 0.364. The molecule has 1 aromatic heterocycles. The standard InChI is InChI=1S/C22H26N4O2/c1-3-4-12-27-19-10-9-16-13-18(8-7-17(16)14-19)21-24-22(28-25-21)20-6-5-11-26(20)15(2)23/h7-10,13-14,20H,2-6,11-12,23H2,1H3/t20-/m0/s1. The fourth-order valence-electron chi connectivity index (χ4n) is 3.64. The van der Waals surface area contributed by atoms with E-state index in [1.54, 1.807) is 0 Å². The molecule has 3 aromatic rings. The molecule has 1 atom stereocenters. The van der Waals surface area contributed by atoms with Gasteiger partial charge in [-0.25, -0.2) is 0 Å². The molecule has 1 aliphatic heterocycles. The van der Waals surface area contributed by atoms with E-state index >= 15 is 0 Å². The number of hydrogen-bond donors (Lipinski definition) is 1. The van der Waals surface area contributed by atoms with Crippen molar-refractivity contribution in [2.75, 3.05) is 13.2 Å². The Kier molecular flexibility index (Phi) is 5.19. The minimum absolute atomic E-state index is 0.0158. The lowest BCUT2D eigenvalue weighted by atomic mass is 10.1. The van der Waals surface area contributed by atoms with Gasteiger partial charge in [-0.2, -0.15) is 4.98 Å². The number of fused-ring (bicyclic) bond motifs is 1. The van der Waals surface area contributed by atoms with Gasteiger partial charge < -0.3 is 19.9 Å². The molecule has 1 aliphatic rings. The molecule has 146 valence electrons. The Labute approximate surface area is 165 Å². The van der Waals surface area contributed by atoms with Gasteiger partial charge in [-0.05, 0) is 48.2 Å². The first kappa shape index (κ1) is 18.3. The van der Waals surface area contributed by atoms with Gasteiger partial charge in [0.15, 0.2) is 0 Å². The summed E-state index contributed by atoms with van der Waals surface area (Å²) < 4.78 is 11.3. The van der Waals surface area contributed by atoms with Gasteiger partial charge in [-0.15, -0.1) is 0 Å². The maximum Gasteiger partial charge on any atom is 0.249 e. The van der Waals surface area contributed by atoms with Gasteiger partial charge in [0.2, 0.25) is 11.7 Å². The molecule has 0 amide bonds. The summed E-state index contributed by atoms with van der Waals surface area (Å²) in [5, 5.41) is 6.43. The van der Waals surface area contributed by atoms with E-state index in [9.17, 15) is 0 Å². The van der Waals surface area contributed by atoms with Crippen molar-refractivity contribution < 1.29 is 9.26 Å². The maximum absolute atomic E-state index is 5.89. The van der Waals surface area contributed by atoms with Crippen LogP contribution in [-0.2, 0) is 0 Å². The van der Waals surface area contributed by atoms with E-state index < -0.39 is 0 Å². The molecule has 0 aliphatic carbocycles. The van der Waals surface area contributed by atoms with Gasteiger partial charge >= 0.3 is 0 Å². The van der Waals surface area contributed by atoms with E-state index in [2.05, 4.69) is 47.9 Å². The van der Waals surface area contributed by atoms with Gasteiger partial charge in [-0.1, -0.05) is 43.3 Å². The van der Waals surface area contributed by atoms with Crippen molar-refractivity contribution in [2.24, 2.45) is 5.73 Å². The fourth-order valence-corrected chi connectivity index (χ4v) is 3.64. The number of aromatic nitrogens is 2. The zero-order valence-corrected chi connectivity index (χ0v) is 16.2. The second-order valence-corrected chi connectivity index (χ2v) is 7.22. The summed E-state index contributed by atoms with van der Waals surface area (Å²) in [6.07, 6.45) is 4.17. The van der Waals surface area contributed by atoms with Crippen LogP contribution in [0.2, 0.25) is 0 Å². The number of ether oxygens (including phenoxy) is 1. The van der Waals surface area contributed by atoms with Crippen molar-refractivity contribution in [1.29, 1.82) is 0 Å². The monoisotopic (exact) mass is 378 g/mol. The smallest absolute Gasteiger partial charge is 0.249 e. The number of nitrogens with zero attached hydrogens (tertiary/aromatic N) is 3. The third kappa shape index (κ3) is 3.67. The molecular formula is C22H26N4O2. The highest BCUT2D eigenvalue weighted by Crippen LogP contribution is 2.33. The van der Waals surface area contributed by atoms with E-state index in [0.29, 0.717) is 17.5 Å². The van der Waals surface area contributed by atoms with Crippen LogP contribution in [-0.4, -0.2) is 28.2 Å². The molecule has 2 heterocycles. The van der Waals surface area contributed by atoms with E-state index in [4.69, 9.17) is 15.0 Å². The van der Waals surface area contributed by atoms with Gasteiger partial charge in [0, 0.05) is 12.1 Å². The largest absolute Gasteiger partial charge is 0.494 e. The molecule has 2 N–H and O–H groups in total. The van der Waals surface area contributed by atoms with Crippen LogP contribution < -0.4 is 10.5 Å². The average Bonchev–Trinajstić information content (AvgIpc) is 3.37. The summed E-state index contributed by atoms with van der Waals surface area (Å²) in [6, 6.07) is 12.3. The van der Waals surface area contributed by atoms with Crippen LogP contribution in [0.25, 0.3) is 22.2 Å². The molecule has 0 saturated carbocycles. The van der Waals surface area contributed by atoms with Crippen molar-refractivity contribution in [2.45, 2.75) is 38.6 Å². The minimum Gasteiger partial charge on any atom is -0.494 e. The van der Waals surface area contributed by atoms with Gasteiger partial charge in [0.25, 0.3) is 0 Å². The molecule has 0 bridgehead atoms. The van der Waals surface area contributed by atoms with Gasteiger partial charge in [-0.3, -0.25) is 0 Å². The Morgan fingerprint density at radius 3 is 2.93 bits per heavy atom. The highest BCUT2D eigenvalue weighted by molar-refractivity contribution is 5.87. The van der Waals surface area contributed by atoms with E-state index in [1.807, 2.05) is 17.0 Å². The zero-order valence-electron chi connectivity index (χ0n) is 16.2. The quantitative estimate of drug-likeness (QED) is 0.604. The highest BCUT2D eigenvalue weighted by Gasteiger charge is 2.30. The molecule has 28 heavy (non-hydrogen) atoms. The first-order valence-corrected chi connectivity index (χ1v) is 9.87. The van der Waals surface area contributed by atoms with Crippen LogP contribution in [0.15, 0.2) is 53.3 Å². The highest BCUT2D eigenvalue weighted by atomic mass is 16.5. The number of rotatable bonds is 7. The lowest BCUT2D eigenvalue weighted by Crippen LogP contribution is -2.26. The summed E-state index contributed by atoms with van der Waals surface area (Å²) in [4.78, 5) is 6.65. The van der Waals surface area contributed by atoms with Crippen LogP contribution in [0.1, 0.15) is 44.5 Å². The number of benzene rings is 2. The van der Waals surface area contributed by atoms with Gasteiger partial charge in [0.1, 0.15) is 11.8 Å². The van der Waals surface area contributed by atoms with E-state index in [1.165, 1.54) is 0 Å². The average molecular weight is 378 g/mol. The predicted molar refractivity (Wildman–Crippen MR) is 110 cm³/mol. The molecule has 6 heteroatoms. The number of unbranched alkanes of at least 4 members (excludes halogenated alkanes) is 1. The molecule has 0 spiro atoms. The van der Waals surface area contributed by atoms with E-state index in [-0.39, 0.29) is 6.04 Å². The number of nitrogens with two attached hydrogens (primary N) is 1. The molecular weight excluding hydrogens is 352 g/mol. The Bertz CT molecular complexity index is 982.